The molecule has 6 nitrogen and oxygen atoms in total. The number of hydrogen-bond acceptors (Lipinski definition) is 4. The lowest BCUT2D eigenvalue weighted by Gasteiger charge is -2.26. The van der Waals surface area contributed by atoms with Crippen molar-refractivity contribution in [3.63, 3.8) is 0 Å². The van der Waals surface area contributed by atoms with Crippen molar-refractivity contribution in [2.45, 2.75) is 59.4 Å². The number of ether oxygens (including phenoxy) is 1. The molecule has 0 radical (unpaired) electrons. The van der Waals surface area contributed by atoms with Crippen LogP contribution in [0.15, 0.2) is 66.7 Å². The highest BCUT2D eigenvalue weighted by atomic mass is 35.5. The molecule has 0 saturated heterocycles. The van der Waals surface area contributed by atoms with Crippen molar-refractivity contribution >= 4 is 39.9 Å². The van der Waals surface area contributed by atoms with E-state index in [-0.39, 0.29) is 25.0 Å². The Balaban J connectivity index is 1.48. The largest absolute Gasteiger partial charge is 0.477 e. The van der Waals surface area contributed by atoms with E-state index in [0.717, 1.165) is 60.9 Å². The summed E-state index contributed by atoms with van der Waals surface area (Å²) in [6, 6.07) is 21.7. The Bertz CT molecular complexity index is 1450. The first kappa shape index (κ1) is 31.9. The summed E-state index contributed by atoms with van der Waals surface area (Å²) >= 11 is 12.6. The molecule has 0 aliphatic rings. The molecule has 4 rings (SSSR count). The van der Waals surface area contributed by atoms with Gasteiger partial charge >= 0.3 is 0 Å². The van der Waals surface area contributed by atoms with Gasteiger partial charge in [-0.05, 0) is 79.5 Å². The zero-order valence-electron chi connectivity index (χ0n) is 25.1. The molecule has 0 aliphatic heterocycles. The van der Waals surface area contributed by atoms with Crippen LogP contribution in [-0.4, -0.2) is 52.9 Å². The molecular formula is C34H42Cl2N4O2. The van der Waals surface area contributed by atoms with E-state index in [1.165, 1.54) is 0 Å². The zero-order chi connectivity index (χ0) is 30.1. The second kappa shape index (κ2) is 15.4. The lowest BCUT2D eigenvalue weighted by atomic mass is 9.94. The number of aromatic nitrogens is 2. The molecule has 42 heavy (non-hydrogen) atoms. The van der Waals surface area contributed by atoms with Gasteiger partial charge in [-0.25, -0.2) is 4.68 Å². The first-order chi connectivity index (χ1) is 20.3. The quantitative estimate of drug-likeness (QED) is 0.147. The highest BCUT2D eigenvalue weighted by molar-refractivity contribution is 6.35. The van der Waals surface area contributed by atoms with Crippen molar-refractivity contribution in [3.05, 3.63) is 76.8 Å². The molecule has 2 atom stereocenters. The molecule has 0 spiro atoms. The number of amides is 1. The Labute approximate surface area is 259 Å². The fourth-order valence-electron chi connectivity index (χ4n) is 5.19. The predicted octanol–water partition coefficient (Wildman–Crippen LogP) is 8.42. The smallest absolute Gasteiger partial charge is 0.223 e. The summed E-state index contributed by atoms with van der Waals surface area (Å²) in [5.41, 5.74) is 2.32. The van der Waals surface area contributed by atoms with Crippen LogP contribution >= 0.6 is 23.2 Å². The Morgan fingerprint density at radius 1 is 0.976 bits per heavy atom. The number of carbonyl (C=O) groups is 1. The van der Waals surface area contributed by atoms with Gasteiger partial charge in [0.2, 0.25) is 11.8 Å². The van der Waals surface area contributed by atoms with Gasteiger partial charge in [0.15, 0.2) is 0 Å². The molecule has 0 bridgehead atoms. The molecule has 2 unspecified atom stereocenters. The zero-order valence-corrected chi connectivity index (χ0v) is 26.6. The standard InChI is InChI=1S/C34H42Cl2N4O2/c1-5-24(4)31(13-10-17-39(6-2)7-3)37-33(41)16-18-42-34-23-32(27-19-28(35)22-29(36)20-27)38-40(34)30-15-14-25-11-8-9-12-26(25)21-30/h8-9,11-12,14-15,19-24,31H,5-7,10,13,16-18H2,1-4H3,(H,37,41). The van der Waals surface area contributed by atoms with Crippen molar-refractivity contribution in [1.29, 1.82) is 0 Å². The van der Waals surface area contributed by atoms with Crippen LogP contribution in [0.2, 0.25) is 10.0 Å². The minimum absolute atomic E-state index is 0.00163. The van der Waals surface area contributed by atoms with Gasteiger partial charge in [-0.2, -0.15) is 5.10 Å². The van der Waals surface area contributed by atoms with Crippen molar-refractivity contribution in [3.8, 4) is 22.8 Å². The van der Waals surface area contributed by atoms with Crippen LogP contribution < -0.4 is 10.1 Å². The average Bonchev–Trinajstić information content (AvgIpc) is 3.42. The van der Waals surface area contributed by atoms with E-state index in [1.807, 2.05) is 36.4 Å². The SMILES string of the molecule is CCC(C)C(CCCN(CC)CC)NC(=O)CCOc1cc(-c2cc(Cl)cc(Cl)c2)nn1-c1ccc2ccccc2c1. The first-order valence-electron chi connectivity index (χ1n) is 15.0. The summed E-state index contributed by atoms with van der Waals surface area (Å²) in [7, 11) is 0. The molecule has 4 aromatic rings. The van der Waals surface area contributed by atoms with Gasteiger partial charge in [-0.3, -0.25) is 4.79 Å². The molecule has 8 heteroatoms. The fraction of sp³-hybridized carbons (Fsp3) is 0.412. The Morgan fingerprint density at radius 3 is 2.38 bits per heavy atom. The molecule has 1 aromatic heterocycles. The van der Waals surface area contributed by atoms with Crippen molar-refractivity contribution in [2.24, 2.45) is 5.92 Å². The minimum Gasteiger partial charge on any atom is -0.477 e. The van der Waals surface area contributed by atoms with Gasteiger partial charge < -0.3 is 15.0 Å². The summed E-state index contributed by atoms with van der Waals surface area (Å²) in [4.78, 5) is 15.4. The van der Waals surface area contributed by atoms with E-state index in [4.69, 9.17) is 33.0 Å². The third-order valence-electron chi connectivity index (χ3n) is 7.95. The molecular weight excluding hydrogens is 567 g/mol. The van der Waals surface area contributed by atoms with E-state index < -0.39 is 0 Å². The molecule has 0 fully saturated rings. The van der Waals surface area contributed by atoms with Gasteiger partial charge in [-0.15, -0.1) is 0 Å². The summed E-state index contributed by atoms with van der Waals surface area (Å²) < 4.78 is 7.98. The van der Waals surface area contributed by atoms with Gasteiger partial charge in [0.1, 0.15) is 0 Å². The number of hydrogen-bond donors (Lipinski definition) is 1. The first-order valence-corrected chi connectivity index (χ1v) is 15.8. The Morgan fingerprint density at radius 2 is 1.69 bits per heavy atom. The van der Waals surface area contributed by atoms with E-state index in [1.54, 1.807) is 10.7 Å². The number of carbonyl (C=O) groups excluding carboxylic acids is 1. The lowest BCUT2D eigenvalue weighted by molar-refractivity contribution is -0.122. The minimum atomic E-state index is 0.00163. The van der Waals surface area contributed by atoms with Gasteiger partial charge in [0.25, 0.3) is 0 Å². The monoisotopic (exact) mass is 608 g/mol. The van der Waals surface area contributed by atoms with E-state index in [2.05, 4.69) is 62.2 Å². The van der Waals surface area contributed by atoms with Crippen LogP contribution in [0.4, 0.5) is 0 Å². The van der Waals surface area contributed by atoms with Gasteiger partial charge in [0, 0.05) is 27.7 Å². The fourth-order valence-corrected chi connectivity index (χ4v) is 5.71. The molecule has 3 aromatic carbocycles. The number of fused-ring (bicyclic) bond motifs is 1. The summed E-state index contributed by atoms with van der Waals surface area (Å²) in [5.74, 6) is 0.955. The summed E-state index contributed by atoms with van der Waals surface area (Å²) in [5, 5.41) is 11.4. The Hall–Kier alpha value is -3.06. The number of benzene rings is 3. The molecule has 1 heterocycles. The van der Waals surface area contributed by atoms with E-state index in [9.17, 15) is 4.79 Å². The molecule has 0 saturated carbocycles. The highest BCUT2D eigenvalue weighted by Gasteiger charge is 2.19. The lowest BCUT2D eigenvalue weighted by Crippen LogP contribution is -2.40. The summed E-state index contributed by atoms with van der Waals surface area (Å²) in [6.45, 7) is 12.2. The van der Waals surface area contributed by atoms with Crippen molar-refractivity contribution < 1.29 is 9.53 Å². The molecule has 224 valence electrons. The van der Waals surface area contributed by atoms with Gasteiger partial charge in [-0.1, -0.05) is 87.6 Å². The Kier molecular flexibility index (Phi) is 11.7. The van der Waals surface area contributed by atoms with E-state index in [0.29, 0.717) is 27.5 Å². The predicted molar refractivity (Wildman–Crippen MR) is 175 cm³/mol. The van der Waals surface area contributed by atoms with Crippen LogP contribution in [-0.2, 0) is 4.79 Å². The van der Waals surface area contributed by atoms with Crippen LogP contribution in [0.25, 0.3) is 27.7 Å². The third-order valence-corrected chi connectivity index (χ3v) is 8.39. The molecule has 1 N–H and O–H groups in total. The number of halogens is 2. The number of rotatable bonds is 15. The van der Waals surface area contributed by atoms with E-state index >= 15 is 0 Å². The van der Waals surface area contributed by atoms with Crippen LogP contribution in [0.5, 0.6) is 5.88 Å². The summed E-state index contributed by atoms with van der Waals surface area (Å²) in [6.07, 6.45) is 3.31. The number of nitrogens with one attached hydrogen (secondary N) is 1. The molecule has 0 aliphatic carbocycles. The molecule has 1 amide bonds. The van der Waals surface area contributed by atoms with Crippen LogP contribution in [0.3, 0.4) is 0 Å². The maximum atomic E-state index is 13.0. The second-order valence-electron chi connectivity index (χ2n) is 10.8. The maximum absolute atomic E-state index is 13.0. The van der Waals surface area contributed by atoms with Gasteiger partial charge in [0.05, 0.1) is 24.4 Å². The van der Waals surface area contributed by atoms with Crippen LogP contribution in [0.1, 0.15) is 53.4 Å². The van der Waals surface area contributed by atoms with Crippen molar-refractivity contribution in [1.82, 2.24) is 20.0 Å². The topological polar surface area (TPSA) is 59.4 Å². The second-order valence-corrected chi connectivity index (χ2v) is 11.7. The van der Waals surface area contributed by atoms with Crippen LogP contribution in [0, 0.1) is 5.92 Å². The maximum Gasteiger partial charge on any atom is 0.223 e. The highest BCUT2D eigenvalue weighted by Crippen LogP contribution is 2.31. The van der Waals surface area contributed by atoms with Crippen molar-refractivity contribution in [2.75, 3.05) is 26.2 Å². The number of nitrogens with zero attached hydrogens (tertiary/aromatic N) is 3. The third kappa shape index (κ3) is 8.50. The normalized spacial score (nSPS) is 12.9. The average molecular weight is 610 g/mol.